The number of nitrogens with zero attached hydrogens (tertiary/aromatic N) is 1. The maximum absolute atomic E-state index is 12.2. The number of thiophene rings is 1. The Morgan fingerprint density at radius 3 is 2.88 bits per heavy atom. The van der Waals surface area contributed by atoms with Crippen LogP contribution < -0.4 is 5.73 Å². The fourth-order valence-corrected chi connectivity index (χ4v) is 5.58. The fourth-order valence-electron chi connectivity index (χ4n) is 1.60. The van der Waals surface area contributed by atoms with Crippen LogP contribution in [0.3, 0.4) is 0 Å². The largest absolute Gasteiger partial charge is 0.398 e. The number of thioether (sulfide) groups is 1. The van der Waals surface area contributed by atoms with Crippen molar-refractivity contribution in [2.75, 3.05) is 24.6 Å². The molecule has 1 aliphatic rings. The zero-order valence-corrected chi connectivity index (χ0v) is 11.4. The molecule has 1 aliphatic heterocycles. The summed E-state index contributed by atoms with van der Waals surface area (Å²) in [6.07, 6.45) is 0. The molecular formula is C9H14N2O2S3. The molecule has 1 saturated heterocycles. The Bertz CT molecular complexity index is 469. The SMILES string of the molecule is CC1CN(S(=O)(=O)c2cc(N)cs2)CCS1. The predicted molar refractivity (Wildman–Crippen MR) is 69.4 cm³/mol. The van der Waals surface area contributed by atoms with Gasteiger partial charge in [0.15, 0.2) is 0 Å². The van der Waals surface area contributed by atoms with Gasteiger partial charge in [0, 0.05) is 35.2 Å². The fraction of sp³-hybridized carbons (Fsp3) is 0.556. The third kappa shape index (κ3) is 2.37. The average Bonchev–Trinajstić information content (AvgIpc) is 2.65. The molecule has 0 amide bonds. The van der Waals surface area contributed by atoms with Crippen molar-refractivity contribution in [2.24, 2.45) is 0 Å². The highest BCUT2D eigenvalue weighted by atomic mass is 32.2. The molecule has 7 heteroatoms. The molecule has 16 heavy (non-hydrogen) atoms. The molecule has 0 aromatic carbocycles. The first kappa shape index (κ1) is 12.2. The van der Waals surface area contributed by atoms with Gasteiger partial charge in [-0.05, 0) is 6.07 Å². The van der Waals surface area contributed by atoms with Gasteiger partial charge < -0.3 is 5.73 Å². The van der Waals surface area contributed by atoms with E-state index in [1.165, 1.54) is 17.4 Å². The quantitative estimate of drug-likeness (QED) is 0.889. The third-order valence-electron chi connectivity index (χ3n) is 2.39. The van der Waals surface area contributed by atoms with Crippen LogP contribution in [0.5, 0.6) is 0 Å². The molecule has 2 heterocycles. The first-order chi connectivity index (χ1) is 7.50. The Balaban J connectivity index is 2.25. The van der Waals surface area contributed by atoms with E-state index in [9.17, 15) is 8.42 Å². The minimum Gasteiger partial charge on any atom is -0.398 e. The van der Waals surface area contributed by atoms with Gasteiger partial charge in [0.1, 0.15) is 4.21 Å². The first-order valence-electron chi connectivity index (χ1n) is 4.96. The normalized spacial score (nSPS) is 23.4. The van der Waals surface area contributed by atoms with Crippen LogP contribution in [0.15, 0.2) is 15.7 Å². The van der Waals surface area contributed by atoms with E-state index in [-0.39, 0.29) is 0 Å². The van der Waals surface area contributed by atoms with Gasteiger partial charge in [-0.3, -0.25) is 0 Å². The van der Waals surface area contributed by atoms with Crippen molar-refractivity contribution >= 4 is 38.8 Å². The molecule has 0 aliphatic carbocycles. The number of hydrogen-bond donors (Lipinski definition) is 1. The Labute approximate surface area is 104 Å². The van der Waals surface area contributed by atoms with E-state index in [1.54, 1.807) is 9.69 Å². The molecule has 0 saturated carbocycles. The molecule has 90 valence electrons. The lowest BCUT2D eigenvalue weighted by Gasteiger charge is -2.29. The van der Waals surface area contributed by atoms with Crippen LogP contribution in [-0.4, -0.2) is 36.8 Å². The van der Waals surface area contributed by atoms with E-state index in [0.29, 0.717) is 28.2 Å². The minimum atomic E-state index is -3.32. The highest BCUT2D eigenvalue weighted by Gasteiger charge is 2.29. The molecule has 2 rings (SSSR count). The van der Waals surface area contributed by atoms with Crippen LogP contribution in [0.4, 0.5) is 5.69 Å². The Kier molecular flexibility index (Phi) is 3.48. The van der Waals surface area contributed by atoms with Crippen LogP contribution in [0.25, 0.3) is 0 Å². The van der Waals surface area contributed by atoms with Gasteiger partial charge in [-0.2, -0.15) is 16.1 Å². The zero-order chi connectivity index (χ0) is 11.8. The van der Waals surface area contributed by atoms with Gasteiger partial charge in [-0.1, -0.05) is 6.92 Å². The van der Waals surface area contributed by atoms with Gasteiger partial charge in [0.05, 0.1) is 0 Å². The van der Waals surface area contributed by atoms with Gasteiger partial charge in [-0.15, -0.1) is 11.3 Å². The van der Waals surface area contributed by atoms with Gasteiger partial charge in [-0.25, -0.2) is 8.42 Å². The number of rotatable bonds is 2. The van der Waals surface area contributed by atoms with Gasteiger partial charge >= 0.3 is 0 Å². The lowest BCUT2D eigenvalue weighted by molar-refractivity contribution is 0.425. The van der Waals surface area contributed by atoms with Crippen molar-refractivity contribution in [3.8, 4) is 0 Å². The summed E-state index contributed by atoms with van der Waals surface area (Å²) in [4.78, 5) is 0. The molecule has 0 radical (unpaired) electrons. The summed E-state index contributed by atoms with van der Waals surface area (Å²) in [5.74, 6) is 0.862. The average molecular weight is 278 g/mol. The molecule has 0 bridgehead atoms. The topological polar surface area (TPSA) is 63.4 Å². The van der Waals surface area contributed by atoms with Crippen molar-refractivity contribution in [2.45, 2.75) is 16.4 Å². The summed E-state index contributed by atoms with van der Waals surface area (Å²) in [6.45, 7) is 3.23. The molecule has 1 aromatic rings. The molecule has 1 atom stereocenters. The monoisotopic (exact) mass is 278 g/mol. The summed E-state index contributed by atoms with van der Waals surface area (Å²) in [6, 6.07) is 1.53. The standard InChI is InChI=1S/C9H14N2O2S3/c1-7-5-11(2-3-14-7)16(12,13)9-4-8(10)6-15-9/h4,6-7H,2-3,5,10H2,1H3. The predicted octanol–water partition coefficient (Wildman–Crippen LogP) is 1.46. The lowest BCUT2D eigenvalue weighted by Crippen LogP contribution is -2.40. The van der Waals surface area contributed by atoms with E-state index < -0.39 is 10.0 Å². The maximum Gasteiger partial charge on any atom is 0.252 e. The van der Waals surface area contributed by atoms with E-state index in [2.05, 4.69) is 6.92 Å². The van der Waals surface area contributed by atoms with Crippen molar-refractivity contribution in [1.29, 1.82) is 0 Å². The Morgan fingerprint density at radius 1 is 1.56 bits per heavy atom. The minimum absolute atomic E-state index is 0.351. The summed E-state index contributed by atoms with van der Waals surface area (Å²) in [7, 11) is -3.32. The molecule has 1 fully saturated rings. The van der Waals surface area contributed by atoms with E-state index in [0.717, 1.165) is 5.75 Å². The van der Waals surface area contributed by atoms with Crippen molar-refractivity contribution in [3.63, 3.8) is 0 Å². The Morgan fingerprint density at radius 2 is 2.31 bits per heavy atom. The highest BCUT2D eigenvalue weighted by Crippen LogP contribution is 2.28. The molecule has 1 aromatic heterocycles. The molecule has 4 nitrogen and oxygen atoms in total. The molecular weight excluding hydrogens is 264 g/mol. The van der Waals surface area contributed by atoms with Crippen LogP contribution >= 0.6 is 23.1 Å². The Hall–Kier alpha value is -0.240. The van der Waals surface area contributed by atoms with Crippen LogP contribution in [-0.2, 0) is 10.0 Å². The van der Waals surface area contributed by atoms with Crippen LogP contribution in [0, 0.1) is 0 Å². The second-order valence-corrected chi connectivity index (χ2v) is 8.37. The van der Waals surface area contributed by atoms with Crippen molar-refractivity contribution < 1.29 is 8.42 Å². The van der Waals surface area contributed by atoms with Crippen LogP contribution in [0.1, 0.15) is 6.92 Å². The molecule has 0 spiro atoms. The number of nitrogens with two attached hydrogens (primary N) is 1. The third-order valence-corrected chi connectivity index (χ3v) is 6.83. The van der Waals surface area contributed by atoms with E-state index in [4.69, 9.17) is 5.73 Å². The summed E-state index contributed by atoms with van der Waals surface area (Å²) in [5.41, 5.74) is 6.07. The second-order valence-electron chi connectivity index (χ2n) is 3.74. The summed E-state index contributed by atoms with van der Waals surface area (Å²) < 4.78 is 26.3. The number of nitrogen functional groups attached to an aromatic ring is 1. The first-order valence-corrected chi connectivity index (χ1v) is 8.33. The van der Waals surface area contributed by atoms with E-state index in [1.807, 2.05) is 11.8 Å². The number of anilines is 1. The van der Waals surface area contributed by atoms with E-state index >= 15 is 0 Å². The highest BCUT2D eigenvalue weighted by molar-refractivity contribution is 8.00. The van der Waals surface area contributed by atoms with Gasteiger partial charge in [0.25, 0.3) is 10.0 Å². The van der Waals surface area contributed by atoms with Crippen molar-refractivity contribution in [1.82, 2.24) is 4.31 Å². The molecule has 1 unspecified atom stereocenters. The van der Waals surface area contributed by atoms with Crippen molar-refractivity contribution in [3.05, 3.63) is 11.4 Å². The maximum atomic E-state index is 12.2. The number of sulfonamides is 1. The smallest absolute Gasteiger partial charge is 0.252 e. The summed E-state index contributed by atoms with van der Waals surface area (Å²) in [5, 5.41) is 2.02. The number of hydrogen-bond acceptors (Lipinski definition) is 5. The molecule has 2 N–H and O–H groups in total. The van der Waals surface area contributed by atoms with Crippen LogP contribution in [0.2, 0.25) is 0 Å². The summed E-state index contributed by atoms with van der Waals surface area (Å²) >= 11 is 3.00. The van der Waals surface area contributed by atoms with Gasteiger partial charge in [0.2, 0.25) is 0 Å². The zero-order valence-electron chi connectivity index (χ0n) is 8.92. The second kappa shape index (κ2) is 4.56. The lowest BCUT2D eigenvalue weighted by atomic mass is 10.4.